The lowest BCUT2D eigenvalue weighted by molar-refractivity contribution is -0.150. The van der Waals surface area contributed by atoms with E-state index in [-0.39, 0.29) is 0 Å². The third-order valence-electron chi connectivity index (χ3n) is 2.41. The zero-order valence-corrected chi connectivity index (χ0v) is 10.4. The summed E-state index contributed by atoms with van der Waals surface area (Å²) >= 11 is 0. The fraction of sp³-hybridized carbons (Fsp3) is 0.909. The fourth-order valence-corrected chi connectivity index (χ4v) is 1.43. The van der Waals surface area contributed by atoms with Crippen molar-refractivity contribution in [2.75, 3.05) is 40.0 Å². The van der Waals surface area contributed by atoms with Gasteiger partial charge in [-0.3, -0.25) is 0 Å². The fourth-order valence-electron chi connectivity index (χ4n) is 1.43. The van der Waals surface area contributed by atoms with E-state index in [4.69, 9.17) is 14.6 Å². The Morgan fingerprint density at radius 1 is 1.38 bits per heavy atom. The molecule has 0 rings (SSSR count). The van der Waals surface area contributed by atoms with Crippen LogP contribution < -0.4 is 0 Å². The summed E-state index contributed by atoms with van der Waals surface area (Å²) in [6, 6.07) is 0. The van der Waals surface area contributed by atoms with Gasteiger partial charge in [-0.1, -0.05) is 6.92 Å². The van der Waals surface area contributed by atoms with Crippen molar-refractivity contribution < 1.29 is 19.4 Å². The molecule has 1 N–H and O–H groups in total. The van der Waals surface area contributed by atoms with Crippen LogP contribution in [0.2, 0.25) is 0 Å². The van der Waals surface area contributed by atoms with Crippen LogP contribution in [-0.2, 0) is 14.3 Å². The molecule has 5 nitrogen and oxygen atoms in total. The number of carbonyl (C=O) groups is 1. The van der Waals surface area contributed by atoms with Crippen molar-refractivity contribution in [1.29, 1.82) is 0 Å². The number of ether oxygens (including phenoxy) is 2. The van der Waals surface area contributed by atoms with Crippen molar-refractivity contribution >= 4 is 5.97 Å². The predicted molar refractivity (Wildman–Crippen MR) is 61.7 cm³/mol. The molecule has 0 amide bonds. The molecule has 0 fully saturated rings. The summed E-state index contributed by atoms with van der Waals surface area (Å²) in [5.41, 5.74) is 0. The Hall–Kier alpha value is -0.650. The summed E-state index contributed by atoms with van der Waals surface area (Å²) in [4.78, 5) is 13.0. The van der Waals surface area contributed by atoms with E-state index in [0.29, 0.717) is 19.6 Å². The highest BCUT2D eigenvalue weighted by Gasteiger charge is 2.18. The van der Waals surface area contributed by atoms with Crippen molar-refractivity contribution in [2.24, 2.45) is 0 Å². The second kappa shape index (κ2) is 9.57. The van der Waals surface area contributed by atoms with Gasteiger partial charge in [-0.05, 0) is 19.9 Å². The molecule has 0 aromatic carbocycles. The largest absolute Gasteiger partial charge is 0.479 e. The summed E-state index contributed by atoms with van der Waals surface area (Å²) < 4.78 is 10.1. The van der Waals surface area contributed by atoms with Crippen LogP contribution in [0.5, 0.6) is 0 Å². The van der Waals surface area contributed by atoms with E-state index in [1.807, 2.05) is 6.92 Å². The maximum Gasteiger partial charge on any atom is 0.332 e. The first-order chi connectivity index (χ1) is 7.65. The SMILES string of the molecule is CCOC(CCN(CC)CCOC)C(=O)O. The van der Waals surface area contributed by atoms with Crippen LogP contribution in [-0.4, -0.2) is 62.0 Å². The number of nitrogens with zero attached hydrogens (tertiary/aromatic N) is 1. The predicted octanol–water partition coefficient (Wildman–Crippen LogP) is 0.835. The number of hydrogen-bond acceptors (Lipinski definition) is 4. The lowest BCUT2D eigenvalue weighted by atomic mass is 10.2. The van der Waals surface area contributed by atoms with Crippen LogP contribution in [0.25, 0.3) is 0 Å². The van der Waals surface area contributed by atoms with E-state index in [1.54, 1.807) is 14.0 Å². The number of aliphatic carboxylic acids is 1. The molecule has 0 spiro atoms. The maximum atomic E-state index is 10.8. The van der Waals surface area contributed by atoms with Crippen molar-refractivity contribution in [3.8, 4) is 0 Å². The Kier molecular flexibility index (Phi) is 9.18. The lowest BCUT2D eigenvalue weighted by Crippen LogP contribution is -2.33. The number of likely N-dealkylation sites (N-methyl/N-ethyl adjacent to an activating group) is 1. The van der Waals surface area contributed by atoms with E-state index in [2.05, 4.69) is 4.90 Å². The highest BCUT2D eigenvalue weighted by atomic mass is 16.5. The van der Waals surface area contributed by atoms with Crippen molar-refractivity contribution in [3.05, 3.63) is 0 Å². The highest BCUT2D eigenvalue weighted by Crippen LogP contribution is 2.02. The molecule has 0 aromatic heterocycles. The first-order valence-corrected chi connectivity index (χ1v) is 5.71. The minimum atomic E-state index is -0.885. The van der Waals surface area contributed by atoms with E-state index in [0.717, 1.165) is 19.6 Å². The van der Waals surface area contributed by atoms with Crippen LogP contribution in [0.4, 0.5) is 0 Å². The number of carboxylic acid groups (broad SMARTS) is 1. The average Bonchev–Trinajstić information content (AvgIpc) is 2.27. The Balaban J connectivity index is 3.90. The molecule has 0 aromatic rings. The molecule has 0 saturated heterocycles. The molecule has 96 valence electrons. The smallest absolute Gasteiger partial charge is 0.332 e. The molecule has 0 aliphatic carbocycles. The van der Waals surface area contributed by atoms with Gasteiger partial charge in [0.05, 0.1) is 6.61 Å². The molecule has 16 heavy (non-hydrogen) atoms. The number of rotatable bonds is 10. The standard InChI is InChI=1S/C11H23NO4/c1-4-12(8-9-15-3)7-6-10(11(13)14)16-5-2/h10H,4-9H2,1-3H3,(H,13,14). The van der Waals surface area contributed by atoms with Crippen LogP contribution in [0.1, 0.15) is 20.3 Å². The number of carboxylic acids is 1. The first kappa shape index (κ1) is 15.3. The molecule has 0 heterocycles. The quantitative estimate of drug-likeness (QED) is 0.606. The minimum Gasteiger partial charge on any atom is -0.479 e. The van der Waals surface area contributed by atoms with Gasteiger partial charge in [0.15, 0.2) is 6.10 Å². The Morgan fingerprint density at radius 3 is 2.50 bits per heavy atom. The third kappa shape index (κ3) is 6.76. The van der Waals surface area contributed by atoms with Crippen molar-refractivity contribution in [2.45, 2.75) is 26.4 Å². The Labute approximate surface area is 97.3 Å². The van der Waals surface area contributed by atoms with E-state index in [1.165, 1.54) is 0 Å². The first-order valence-electron chi connectivity index (χ1n) is 5.71. The van der Waals surface area contributed by atoms with Crippen molar-refractivity contribution in [1.82, 2.24) is 4.90 Å². The van der Waals surface area contributed by atoms with Crippen LogP contribution in [0.3, 0.4) is 0 Å². The summed E-state index contributed by atoms with van der Waals surface area (Å²) in [5.74, 6) is -0.885. The normalized spacial score (nSPS) is 13.0. The second-order valence-corrected chi connectivity index (χ2v) is 3.50. The Bertz CT molecular complexity index is 187. The van der Waals surface area contributed by atoms with Gasteiger partial charge in [0.25, 0.3) is 0 Å². The highest BCUT2D eigenvalue weighted by molar-refractivity contribution is 5.72. The zero-order valence-electron chi connectivity index (χ0n) is 10.4. The molecule has 5 heteroatoms. The Morgan fingerprint density at radius 2 is 2.06 bits per heavy atom. The molecular formula is C11H23NO4. The molecule has 1 unspecified atom stereocenters. The molecule has 1 atom stereocenters. The zero-order chi connectivity index (χ0) is 12.4. The topological polar surface area (TPSA) is 59.0 Å². The molecule has 0 aliphatic rings. The molecule has 0 bridgehead atoms. The van der Waals surface area contributed by atoms with Gasteiger partial charge < -0.3 is 19.5 Å². The molecular weight excluding hydrogens is 210 g/mol. The van der Waals surface area contributed by atoms with E-state index in [9.17, 15) is 4.79 Å². The lowest BCUT2D eigenvalue weighted by Gasteiger charge is -2.21. The average molecular weight is 233 g/mol. The van der Waals surface area contributed by atoms with Gasteiger partial charge in [0.1, 0.15) is 0 Å². The third-order valence-corrected chi connectivity index (χ3v) is 2.41. The van der Waals surface area contributed by atoms with Gasteiger partial charge in [-0.15, -0.1) is 0 Å². The molecule has 0 radical (unpaired) electrons. The van der Waals surface area contributed by atoms with Crippen molar-refractivity contribution in [3.63, 3.8) is 0 Å². The van der Waals surface area contributed by atoms with Gasteiger partial charge in [0.2, 0.25) is 0 Å². The molecule has 0 saturated carbocycles. The van der Waals surface area contributed by atoms with E-state index >= 15 is 0 Å². The number of hydrogen-bond donors (Lipinski definition) is 1. The monoisotopic (exact) mass is 233 g/mol. The van der Waals surface area contributed by atoms with Gasteiger partial charge in [-0.2, -0.15) is 0 Å². The number of methoxy groups -OCH3 is 1. The van der Waals surface area contributed by atoms with Gasteiger partial charge >= 0.3 is 5.97 Å². The summed E-state index contributed by atoms with van der Waals surface area (Å²) in [5, 5.41) is 8.90. The van der Waals surface area contributed by atoms with Crippen LogP contribution in [0, 0.1) is 0 Å². The van der Waals surface area contributed by atoms with Crippen LogP contribution in [0.15, 0.2) is 0 Å². The molecule has 0 aliphatic heterocycles. The van der Waals surface area contributed by atoms with E-state index < -0.39 is 12.1 Å². The summed E-state index contributed by atoms with van der Waals surface area (Å²) in [6.07, 6.45) is -0.178. The second-order valence-electron chi connectivity index (χ2n) is 3.50. The van der Waals surface area contributed by atoms with Gasteiger partial charge in [-0.25, -0.2) is 4.79 Å². The maximum absolute atomic E-state index is 10.8. The minimum absolute atomic E-state index is 0.432. The van der Waals surface area contributed by atoms with Gasteiger partial charge in [0, 0.05) is 26.8 Å². The summed E-state index contributed by atoms with van der Waals surface area (Å²) in [6.45, 7) is 7.38. The van der Waals surface area contributed by atoms with Crippen LogP contribution >= 0.6 is 0 Å². The summed E-state index contributed by atoms with van der Waals surface area (Å²) in [7, 11) is 1.66.